The van der Waals surface area contributed by atoms with Gasteiger partial charge in [-0.1, -0.05) is 87.7 Å². The summed E-state index contributed by atoms with van der Waals surface area (Å²) in [6.07, 6.45) is 9.39. The molecule has 0 amide bonds. The number of unbranched alkanes of at least 4 members (excludes halogenated alkanes) is 6. The van der Waals surface area contributed by atoms with Crippen LogP contribution in [0.2, 0.25) is 5.02 Å². The molecule has 0 radical (unpaired) electrons. The SMILES string of the molecule is CCCCCCN(CCCCCC)C[C@H](O)c1cc(-c2ccc(Cl)cc2)nc2c(C)cc(C)cc12. The van der Waals surface area contributed by atoms with E-state index in [1.807, 2.05) is 24.3 Å². The van der Waals surface area contributed by atoms with Crippen molar-refractivity contribution in [3.63, 3.8) is 0 Å². The Bertz CT molecular complexity index is 1050. The summed E-state index contributed by atoms with van der Waals surface area (Å²) in [4.78, 5) is 7.49. The molecule has 190 valence electrons. The normalized spacial score (nSPS) is 12.5. The third kappa shape index (κ3) is 8.03. The van der Waals surface area contributed by atoms with E-state index in [2.05, 4.69) is 50.8 Å². The lowest BCUT2D eigenvalue weighted by Gasteiger charge is -2.26. The zero-order valence-electron chi connectivity index (χ0n) is 22.1. The molecule has 0 saturated carbocycles. The molecule has 0 fully saturated rings. The second kappa shape index (κ2) is 14.0. The van der Waals surface area contributed by atoms with E-state index in [-0.39, 0.29) is 0 Å². The zero-order valence-corrected chi connectivity index (χ0v) is 22.9. The molecule has 0 aliphatic heterocycles. The molecular formula is C31H43ClN2O. The number of aliphatic hydroxyl groups is 1. The van der Waals surface area contributed by atoms with E-state index in [9.17, 15) is 5.11 Å². The van der Waals surface area contributed by atoms with Gasteiger partial charge in [0.25, 0.3) is 0 Å². The number of aromatic nitrogens is 1. The van der Waals surface area contributed by atoms with Crippen molar-refractivity contribution in [1.82, 2.24) is 9.88 Å². The summed E-state index contributed by atoms with van der Waals surface area (Å²) in [7, 11) is 0. The number of hydrogen-bond acceptors (Lipinski definition) is 3. The van der Waals surface area contributed by atoms with Gasteiger partial charge in [0.2, 0.25) is 0 Å². The molecule has 1 atom stereocenters. The molecule has 0 aliphatic carbocycles. The second-order valence-corrected chi connectivity index (χ2v) is 10.5. The summed E-state index contributed by atoms with van der Waals surface area (Å²) < 4.78 is 0. The summed E-state index contributed by atoms with van der Waals surface area (Å²) in [6, 6.07) is 14.2. The second-order valence-electron chi connectivity index (χ2n) is 10.0. The summed E-state index contributed by atoms with van der Waals surface area (Å²) >= 11 is 6.13. The van der Waals surface area contributed by atoms with Gasteiger partial charge in [0.05, 0.1) is 17.3 Å². The van der Waals surface area contributed by atoms with Gasteiger partial charge in [0.1, 0.15) is 0 Å². The maximum Gasteiger partial charge on any atom is 0.0924 e. The van der Waals surface area contributed by atoms with Crippen LogP contribution in [0, 0.1) is 13.8 Å². The highest BCUT2D eigenvalue weighted by molar-refractivity contribution is 6.30. The number of pyridine rings is 1. The highest BCUT2D eigenvalue weighted by Crippen LogP contribution is 2.32. The molecule has 1 heterocycles. The topological polar surface area (TPSA) is 36.4 Å². The van der Waals surface area contributed by atoms with Crippen molar-refractivity contribution >= 4 is 22.5 Å². The number of benzene rings is 2. The van der Waals surface area contributed by atoms with Gasteiger partial charge in [-0.2, -0.15) is 0 Å². The monoisotopic (exact) mass is 494 g/mol. The first-order valence-corrected chi connectivity index (χ1v) is 13.9. The van der Waals surface area contributed by atoms with Gasteiger partial charge < -0.3 is 10.0 Å². The number of rotatable bonds is 14. The van der Waals surface area contributed by atoms with Crippen LogP contribution in [0.5, 0.6) is 0 Å². The average Bonchev–Trinajstić information content (AvgIpc) is 2.84. The highest BCUT2D eigenvalue weighted by Gasteiger charge is 2.19. The van der Waals surface area contributed by atoms with Crippen LogP contribution < -0.4 is 0 Å². The fraction of sp³-hybridized carbons (Fsp3) is 0.516. The maximum atomic E-state index is 11.6. The Kier molecular flexibility index (Phi) is 11.0. The van der Waals surface area contributed by atoms with Crippen LogP contribution in [0.1, 0.15) is 88.0 Å². The lowest BCUT2D eigenvalue weighted by atomic mass is 9.96. The smallest absolute Gasteiger partial charge is 0.0924 e. The summed E-state index contributed by atoms with van der Waals surface area (Å²) in [5.41, 5.74) is 6.17. The third-order valence-corrected chi connectivity index (χ3v) is 7.12. The molecule has 0 saturated heterocycles. The molecule has 1 N–H and O–H groups in total. The van der Waals surface area contributed by atoms with E-state index >= 15 is 0 Å². The van der Waals surface area contributed by atoms with Crippen LogP contribution in [0.25, 0.3) is 22.2 Å². The van der Waals surface area contributed by atoms with Crippen LogP contribution >= 0.6 is 11.6 Å². The number of aryl methyl sites for hydroxylation is 2. The van der Waals surface area contributed by atoms with Crippen molar-refractivity contribution in [2.24, 2.45) is 0 Å². The van der Waals surface area contributed by atoms with Crippen LogP contribution in [-0.2, 0) is 0 Å². The van der Waals surface area contributed by atoms with Crippen molar-refractivity contribution in [2.45, 2.75) is 85.2 Å². The molecule has 4 heteroatoms. The Morgan fingerprint density at radius 2 is 1.49 bits per heavy atom. The van der Waals surface area contributed by atoms with E-state index in [0.717, 1.165) is 46.4 Å². The number of nitrogens with zero attached hydrogens (tertiary/aromatic N) is 2. The first-order valence-electron chi connectivity index (χ1n) is 13.5. The van der Waals surface area contributed by atoms with E-state index in [1.54, 1.807) is 0 Å². The van der Waals surface area contributed by atoms with E-state index in [1.165, 1.54) is 56.9 Å². The molecule has 2 aromatic carbocycles. The number of aliphatic hydroxyl groups excluding tert-OH is 1. The van der Waals surface area contributed by atoms with Gasteiger partial charge in [-0.05, 0) is 75.2 Å². The molecule has 3 aromatic rings. The average molecular weight is 495 g/mol. The molecular weight excluding hydrogens is 452 g/mol. The van der Waals surface area contributed by atoms with Crippen molar-refractivity contribution < 1.29 is 5.11 Å². The summed E-state index contributed by atoms with van der Waals surface area (Å²) in [5.74, 6) is 0. The number of hydrogen-bond donors (Lipinski definition) is 1. The zero-order chi connectivity index (χ0) is 25.2. The highest BCUT2D eigenvalue weighted by atomic mass is 35.5. The Labute approximate surface area is 217 Å². The van der Waals surface area contributed by atoms with Crippen molar-refractivity contribution in [3.05, 3.63) is 64.2 Å². The minimum absolute atomic E-state index is 0.565. The molecule has 0 aliphatic rings. The molecule has 3 nitrogen and oxygen atoms in total. The van der Waals surface area contributed by atoms with E-state index < -0.39 is 6.10 Å². The Morgan fingerprint density at radius 3 is 2.09 bits per heavy atom. The molecule has 0 unspecified atom stereocenters. The number of halogens is 1. The standard InChI is InChI=1S/C31H43ClN2O/c1-5-7-9-11-17-34(18-12-10-8-6-2)22-30(35)27-21-29(25-13-15-26(32)16-14-25)33-31-24(4)19-23(3)20-28(27)31/h13-16,19-21,30,35H,5-12,17-18,22H2,1-4H3/t30-/m0/s1. The lowest BCUT2D eigenvalue weighted by molar-refractivity contribution is 0.111. The van der Waals surface area contributed by atoms with Crippen LogP contribution in [0.4, 0.5) is 0 Å². The molecule has 35 heavy (non-hydrogen) atoms. The largest absolute Gasteiger partial charge is 0.387 e. The third-order valence-electron chi connectivity index (χ3n) is 6.87. The van der Waals surface area contributed by atoms with Crippen molar-refractivity contribution in [1.29, 1.82) is 0 Å². The Morgan fingerprint density at radius 1 is 0.857 bits per heavy atom. The van der Waals surface area contributed by atoms with E-state index in [4.69, 9.17) is 16.6 Å². The van der Waals surface area contributed by atoms with Crippen molar-refractivity contribution in [2.75, 3.05) is 19.6 Å². The minimum atomic E-state index is -0.565. The summed E-state index contributed by atoms with van der Waals surface area (Å²) in [6.45, 7) is 11.5. The van der Waals surface area contributed by atoms with Gasteiger partial charge >= 0.3 is 0 Å². The first kappa shape index (κ1) is 27.6. The quantitative estimate of drug-likeness (QED) is 0.228. The van der Waals surface area contributed by atoms with Gasteiger partial charge in [0.15, 0.2) is 0 Å². The van der Waals surface area contributed by atoms with Crippen LogP contribution in [0.3, 0.4) is 0 Å². The predicted octanol–water partition coefficient (Wildman–Crippen LogP) is 8.67. The molecule has 3 rings (SSSR count). The fourth-order valence-corrected chi connectivity index (χ4v) is 5.04. The number of fused-ring (bicyclic) bond motifs is 1. The van der Waals surface area contributed by atoms with Gasteiger partial charge in [0, 0.05) is 22.5 Å². The molecule has 0 bridgehead atoms. The van der Waals surface area contributed by atoms with Crippen LogP contribution in [-0.4, -0.2) is 34.6 Å². The molecule has 0 spiro atoms. The Hall–Kier alpha value is -1.94. The minimum Gasteiger partial charge on any atom is -0.387 e. The predicted molar refractivity (Wildman–Crippen MR) is 151 cm³/mol. The van der Waals surface area contributed by atoms with Gasteiger partial charge in [-0.3, -0.25) is 0 Å². The molecule has 1 aromatic heterocycles. The first-order chi connectivity index (χ1) is 16.9. The Balaban J connectivity index is 1.92. The summed E-state index contributed by atoms with van der Waals surface area (Å²) in [5, 5.41) is 13.4. The van der Waals surface area contributed by atoms with Crippen LogP contribution in [0.15, 0.2) is 42.5 Å². The van der Waals surface area contributed by atoms with Gasteiger partial charge in [-0.25, -0.2) is 4.98 Å². The van der Waals surface area contributed by atoms with Gasteiger partial charge in [-0.15, -0.1) is 0 Å². The fourth-order valence-electron chi connectivity index (χ4n) is 4.91. The maximum absolute atomic E-state index is 11.6. The van der Waals surface area contributed by atoms with E-state index in [0.29, 0.717) is 11.6 Å². The van der Waals surface area contributed by atoms with Crippen molar-refractivity contribution in [3.8, 4) is 11.3 Å². The lowest BCUT2D eigenvalue weighted by Crippen LogP contribution is -2.31.